The lowest BCUT2D eigenvalue weighted by molar-refractivity contribution is 0.744. The highest BCUT2D eigenvalue weighted by molar-refractivity contribution is 7.10. The molecular formula is C13H15N3S. The van der Waals surface area contributed by atoms with Crippen LogP contribution < -0.4 is 16.4 Å². The highest BCUT2D eigenvalue weighted by Gasteiger charge is 2.17. The minimum Gasteiger partial charge on any atom is -0.397 e. The van der Waals surface area contributed by atoms with Crippen LogP contribution in [-0.2, 0) is 13.0 Å². The first-order chi connectivity index (χ1) is 8.24. The van der Waals surface area contributed by atoms with Gasteiger partial charge in [0.25, 0.3) is 0 Å². The standard InChI is InChI=1S/C13H15N3S/c14-11-2-1-10(7-12(11)15)16-5-3-13-9(8-16)4-6-17-13/h1-2,4,6-7H,3,5,8,14-15H2. The van der Waals surface area contributed by atoms with Crippen LogP contribution in [0.4, 0.5) is 17.1 Å². The maximum Gasteiger partial charge on any atom is 0.0568 e. The Labute approximate surface area is 105 Å². The summed E-state index contributed by atoms with van der Waals surface area (Å²) in [5.41, 5.74) is 15.5. The van der Waals surface area contributed by atoms with E-state index in [1.165, 1.54) is 10.4 Å². The summed E-state index contributed by atoms with van der Waals surface area (Å²) < 4.78 is 0. The summed E-state index contributed by atoms with van der Waals surface area (Å²) in [6.45, 7) is 2.03. The van der Waals surface area contributed by atoms with E-state index in [9.17, 15) is 0 Å². The van der Waals surface area contributed by atoms with Gasteiger partial charge < -0.3 is 16.4 Å². The monoisotopic (exact) mass is 245 g/mol. The molecule has 0 radical (unpaired) electrons. The highest BCUT2D eigenvalue weighted by atomic mass is 32.1. The number of hydrogen-bond acceptors (Lipinski definition) is 4. The number of nitrogens with zero attached hydrogens (tertiary/aromatic N) is 1. The summed E-state index contributed by atoms with van der Waals surface area (Å²) in [6.07, 6.45) is 1.12. The average Bonchev–Trinajstić information content (AvgIpc) is 2.79. The third kappa shape index (κ3) is 1.85. The van der Waals surface area contributed by atoms with E-state index in [1.54, 1.807) is 0 Å². The molecule has 0 aliphatic carbocycles. The van der Waals surface area contributed by atoms with E-state index < -0.39 is 0 Å². The van der Waals surface area contributed by atoms with Gasteiger partial charge in [0, 0.05) is 23.7 Å². The van der Waals surface area contributed by atoms with E-state index in [0.717, 1.165) is 25.2 Å². The Balaban J connectivity index is 1.89. The van der Waals surface area contributed by atoms with Crippen molar-refractivity contribution in [3.05, 3.63) is 40.1 Å². The first kappa shape index (κ1) is 10.5. The van der Waals surface area contributed by atoms with E-state index in [1.807, 2.05) is 29.5 Å². The Kier molecular flexibility index (Phi) is 2.44. The number of anilines is 3. The van der Waals surface area contributed by atoms with Crippen LogP contribution >= 0.6 is 11.3 Å². The quantitative estimate of drug-likeness (QED) is 0.759. The Bertz CT molecular complexity index is 547. The maximum atomic E-state index is 5.85. The molecule has 0 bridgehead atoms. The second-order valence-corrected chi connectivity index (χ2v) is 5.35. The van der Waals surface area contributed by atoms with E-state index in [2.05, 4.69) is 16.3 Å². The van der Waals surface area contributed by atoms with Crippen LogP contribution in [0.1, 0.15) is 10.4 Å². The van der Waals surface area contributed by atoms with Crippen LogP contribution in [0, 0.1) is 0 Å². The zero-order chi connectivity index (χ0) is 11.8. The van der Waals surface area contributed by atoms with Crippen molar-refractivity contribution in [1.82, 2.24) is 0 Å². The molecule has 1 aliphatic rings. The number of nitrogens with two attached hydrogens (primary N) is 2. The van der Waals surface area contributed by atoms with Gasteiger partial charge in [0.15, 0.2) is 0 Å². The zero-order valence-corrected chi connectivity index (χ0v) is 10.3. The molecule has 0 atom stereocenters. The molecule has 0 fully saturated rings. The van der Waals surface area contributed by atoms with Crippen LogP contribution in [-0.4, -0.2) is 6.54 Å². The fourth-order valence-electron chi connectivity index (χ4n) is 2.23. The molecule has 3 nitrogen and oxygen atoms in total. The molecule has 0 saturated heterocycles. The van der Waals surface area contributed by atoms with Crippen LogP contribution in [0.3, 0.4) is 0 Å². The molecule has 4 N–H and O–H groups in total. The van der Waals surface area contributed by atoms with Gasteiger partial charge in [-0.15, -0.1) is 11.3 Å². The van der Waals surface area contributed by atoms with E-state index in [-0.39, 0.29) is 0 Å². The van der Waals surface area contributed by atoms with Crippen molar-refractivity contribution < 1.29 is 0 Å². The lowest BCUT2D eigenvalue weighted by atomic mass is 10.1. The van der Waals surface area contributed by atoms with Crippen LogP contribution in [0.25, 0.3) is 0 Å². The molecule has 2 heterocycles. The van der Waals surface area contributed by atoms with Crippen LogP contribution in [0.15, 0.2) is 29.6 Å². The first-order valence-corrected chi connectivity index (χ1v) is 6.57. The van der Waals surface area contributed by atoms with Crippen molar-refractivity contribution in [2.24, 2.45) is 0 Å². The molecule has 0 spiro atoms. The number of benzene rings is 1. The summed E-state index contributed by atoms with van der Waals surface area (Å²) in [5.74, 6) is 0. The third-order valence-electron chi connectivity index (χ3n) is 3.24. The number of rotatable bonds is 1. The van der Waals surface area contributed by atoms with E-state index >= 15 is 0 Å². The van der Waals surface area contributed by atoms with Gasteiger partial charge >= 0.3 is 0 Å². The van der Waals surface area contributed by atoms with Gasteiger partial charge in [0.05, 0.1) is 11.4 Å². The lowest BCUT2D eigenvalue weighted by Gasteiger charge is -2.29. The molecule has 1 aromatic carbocycles. The summed E-state index contributed by atoms with van der Waals surface area (Å²) in [7, 11) is 0. The molecule has 0 saturated carbocycles. The van der Waals surface area contributed by atoms with Crippen molar-refractivity contribution in [1.29, 1.82) is 0 Å². The number of fused-ring (bicyclic) bond motifs is 1. The molecule has 2 aromatic rings. The molecule has 0 unspecified atom stereocenters. The first-order valence-electron chi connectivity index (χ1n) is 5.69. The SMILES string of the molecule is Nc1ccc(N2CCc3sccc3C2)cc1N. The molecule has 17 heavy (non-hydrogen) atoms. The molecule has 0 amide bonds. The average molecular weight is 245 g/mol. The van der Waals surface area contributed by atoms with Crippen molar-refractivity contribution in [2.75, 3.05) is 22.9 Å². The summed E-state index contributed by atoms with van der Waals surface area (Å²) in [6, 6.07) is 8.11. The summed E-state index contributed by atoms with van der Waals surface area (Å²) in [5, 5.41) is 2.17. The van der Waals surface area contributed by atoms with Gasteiger partial charge in [-0.1, -0.05) is 0 Å². The van der Waals surface area contributed by atoms with Gasteiger partial charge in [0.1, 0.15) is 0 Å². The number of thiophene rings is 1. The number of hydrogen-bond donors (Lipinski definition) is 2. The van der Waals surface area contributed by atoms with Crippen LogP contribution in [0.5, 0.6) is 0 Å². The van der Waals surface area contributed by atoms with Gasteiger partial charge in [-0.25, -0.2) is 0 Å². The van der Waals surface area contributed by atoms with Crippen molar-refractivity contribution in [3.63, 3.8) is 0 Å². The fourth-order valence-corrected chi connectivity index (χ4v) is 3.12. The Morgan fingerprint density at radius 1 is 1.12 bits per heavy atom. The lowest BCUT2D eigenvalue weighted by Crippen LogP contribution is -2.29. The minimum absolute atomic E-state index is 0.655. The predicted octanol–water partition coefficient (Wildman–Crippen LogP) is 2.48. The molecule has 1 aliphatic heterocycles. The van der Waals surface area contributed by atoms with Crippen molar-refractivity contribution >= 4 is 28.4 Å². The Morgan fingerprint density at radius 3 is 2.82 bits per heavy atom. The van der Waals surface area contributed by atoms with Crippen LogP contribution in [0.2, 0.25) is 0 Å². The molecule has 88 valence electrons. The largest absolute Gasteiger partial charge is 0.397 e. The second kappa shape index (κ2) is 3.96. The number of nitrogen functional groups attached to an aromatic ring is 2. The molecule has 1 aromatic heterocycles. The molecule has 4 heteroatoms. The van der Waals surface area contributed by atoms with E-state index in [4.69, 9.17) is 11.5 Å². The van der Waals surface area contributed by atoms with Gasteiger partial charge in [-0.3, -0.25) is 0 Å². The second-order valence-electron chi connectivity index (χ2n) is 4.35. The topological polar surface area (TPSA) is 55.3 Å². The van der Waals surface area contributed by atoms with E-state index in [0.29, 0.717) is 11.4 Å². The third-order valence-corrected chi connectivity index (χ3v) is 4.27. The smallest absolute Gasteiger partial charge is 0.0568 e. The molecular weight excluding hydrogens is 230 g/mol. The maximum absolute atomic E-state index is 5.85. The Hall–Kier alpha value is -1.68. The minimum atomic E-state index is 0.655. The predicted molar refractivity (Wildman–Crippen MR) is 74.3 cm³/mol. The van der Waals surface area contributed by atoms with Crippen molar-refractivity contribution in [2.45, 2.75) is 13.0 Å². The highest BCUT2D eigenvalue weighted by Crippen LogP contribution is 2.29. The summed E-state index contributed by atoms with van der Waals surface area (Å²) in [4.78, 5) is 3.87. The fraction of sp³-hybridized carbons (Fsp3) is 0.231. The van der Waals surface area contributed by atoms with Crippen molar-refractivity contribution in [3.8, 4) is 0 Å². The van der Waals surface area contributed by atoms with Gasteiger partial charge in [-0.2, -0.15) is 0 Å². The van der Waals surface area contributed by atoms with Gasteiger partial charge in [-0.05, 0) is 41.6 Å². The Morgan fingerprint density at radius 2 is 2.00 bits per heavy atom. The summed E-state index contributed by atoms with van der Waals surface area (Å²) >= 11 is 1.86. The normalized spacial score (nSPS) is 14.7. The zero-order valence-electron chi connectivity index (χ0n) is 9.52. The van der Waals surface area contributed by atoms with Gasteiger partial charge in [0.2, 0.25) is 0 Å². The molecule has 3 rings (SSSR count).